The molecular weight excluding hydrogens is 148 g/mol. The monoisotopic (exact) mass is 158 g/mol. The van der Waals surface area contributed by atoms with Crippen LogP contribution in [0.5, 0.6) is 0 Å². The highest BCUT2D eigenvalue weighted by Gasteiger charge is 1.93. The summed E-state index contributed by atoms with van der Waals surface area (Å²) in [6.07, 6.45) is 1.75. The van der Waals surface area contributed by atoms with E-state index in [0.29, 0.717) is 5.96 Å². The van der Waals surface area contributed by atoms with Gasteiger partial charge in [-0.3, -0.25) is 5.32 Å². The van der Waals surface area contributed by atoms with Gasteiger partial charge in [0, 0.05) is 7.05 Å². The van der Waals surface area contributed by atoms with E-state index in [4.69, 9.17) is 5.26 Å². The quantitative estimate of drug-likeness (QED) is 0.164. The van der Waals surface area contributed by atoms with Crippen LogP contribution in [0.1, 0.15) is 6.92 Å². The lowest BCUT2D eigenvalue weighted by atomic mass is 10.7. The summed E-state index contributed by atoms with van der Waals surface area (Å²) in [6.45, 7) is 1.81. The van der Waals surface area contributed by atoms with Gasteiger partial charge in [-0.2, -0.15) is 17.9 Å². The van der Waals surface area contributed by atoms with Crippen LogP contribution in [-0.4, -0.2) is 18.4 Å². The maximum Gasteiger partial charge on any atom is 0.205 e. The van der Waals surface area contributed by atoms with E-state index in [9.17, 15) is 0 Å². The van der Waals surface area contributed by atoms with E-state index in [0.717, 1.165) is 0 Å². The van der Waals surface area contributed by atoms with Crippen LogP contribution < -0.4 is 10.6 Å². The highest BCUT2D eigenvalue weighted by molar-refractivity contribution is 7.80. The van der Waals surface area contributed by atoms with Crippen LogP contribution in [0.15, 0.2) is 4.99 Å². The summed E-state index contributed by atoms with van der Waals surface area (Å²) in [6, 6.07) is 0. The summed E-state index contributed by atoms with van der Waals surface area (Å²) < 4.78 is 0. The number of aliphatic imine (C=N–C) groups is 1. The van der Waals surface area contributed by atoms with Crippen LogP contribution in [0, 0.1) is 11.5 Å². The van der Waals surface area contributed by atoms with Gasteiger partial charge in [-0.15, -0.1) is 0 Å². The summed E-state index contributed by atoms with van der Waals surface area (Å²) in [7, 11) is 1.68. The van der Waals surface area contributed by atoms with Crippen molar-refractivity contribution in [3.63, 3.8) is 0 Å². The van der Waals surface area contributed by atoms with Gasteiger partial charge in [0.2, 0.25) is 5.96 Å². The van der Waals surface area contributed by atoms with E-state index in [1.165, 1.54) is 0 Å². The first kappa shape index (κ1) is 9.11. The molecule has 0 fully saturated rings. The molecule has 0 rings (SSSR count). The number of nitrogens with one attached hydrogen (secondary N) is 2. The van der Waals surface area contributed by atoms with Crippen molar-refractivity contribution in [2.75, 3.05) is 7.05 Å². The summed E-state index contributed by atoms with van der Waals surface area (Å²) in [5.74, 6) is 0.435. The van der Waals surface area contributed by atoms with E-state index in [1.54, 1.807) is 20.2 Å². The molecule has 0 aliphatic carbocycles. The fourth-order valence-electron chi connectivity index (χ4n) is 0.399. The molecule has 0 amide bonds. The maximum atomic E-state index is 8.17. The van der Waals surface area contributed by atoms with Gasteiger partial charge in [0.05, 0.1) is 5.37 Å². The van der Waals surface area contributed by atoms with Gasteiger partial charge < -0.3 is 5.32 Å². The molecule has 0 aromatic carbocycles. The Labute approximate surface area is 65.7 Å². The lowest BCUT2D eigenvalue weighted by Crippen LogP contribution is -2.31. The highest BCUT2D eigenvalue weighted by Crippen LogP contribution is 1.91. The number of nitriles is 1. The smallest absolute Gasteiger partial charge is 0.205 e. The molecule has 0 heterocycles. The summed E-state index contributed by atoms with van der Waals surface area (Å²) in [5.41, 5.74) is 0. The molecule has 0 spiro atoms. The Hall–Kier alpha value is -0.890. The minimum absolute atomic E-state index is 0.108. The number of rotatable bonds is 1. The number of hydrogen-bond acceptors (Lipinski definition) is 3. The molecule has 1 unspecified atom stereocenters. The van der Waals surface area contributed by atoms with E-state index in [2.05, 4.69) is 28.3 Å². The topological polar surface area (TPSA) is 60.2 Å². The molecule has 56 valence electrons. The van der Waals surface area contributed by atoms with E-state index in [1.807, 2.05) is 0 Å². The maximum absolute atomic E-state index is 8.17. The zero-order valence-electron chi connectivity index (χ0n) is 5.92. The molecule has 0 aromatic rings. The molecular formula is C5H10N4S. The highest BCUT2D eigenvalue weighted by atomic mass is 32.1. The Balaban J connectivity index is 3.94. The molecule has 0 bridgehead atoms. The van der Waals surface area contributed by atoms with Gasteiger partial charge in [0.25, 0.3) is 0 Å². The second-order valence-electron chi connectivity index (χ2n) is 1.60. The first-order chi connectivity index (χ1) is 4.70. The predicted molar refractivity (Wildman–Crippen MR) is 43.7 cm³/mol. The molecule has 0 aliphatic rings. The van der Waals surface area contributed by atoms with Crippen molar-refractivity contribution >= 4 is 18.6 Å². The SMILES string of the molecule is CN/C(=N/C(C)S)NC#N. The van der Waals surface area contributed by atoms with Gasteiger partial charge in [-0.05, 0) is 6.92 Å². The molecule has 2 N–H and O–H groups in total. The summed E-state index contributed by atoms with van der Waals surface area (Å²) in [4.78, 5) is 3.92. The lowest BCUT2D eigenvalue weighted by molar-refractivity contribution is 0.973. The van der Waals surface area contributed by atoms with Crippen molar-refractivity contribution in [2.45, 2.75) is 12.3 Å². The van der Waals surface area contributed by atoms with Crippen molar-refractivity contribution in [1.82, 2.24) is 10.6 Å². The number of nitrogens with zero attached hydrogens (tertiary/aromatic N) is 2. The summed E-state index contributed by atoms with van der Waals surface area (Å²) >= 11 is 4.01. The van der Waals surface area contributed by atoms with Crippen molar-refractivity contribution < 1.29 is 0 Å². The molecule has 0 radical (unpaired) electrons. The average molecular weight is 158 g/mol. The molecule has 10 heavy (non-hydrogen) atoms. The first-order valence-corrected chi connectivity index (χ1v) is 3.31. The normalized spacial score (nSPS) is 13.6. The van der Waals surface area contributed by atoms with Crippen molar-refractivity contribution in [1.29, 1.82) is 5.26 Å². The Bertz CT molecular complexity index is 158. The van der Waals surface area contributed by atoms with Gasteiger partial charge in [-0.25, -0.2) is 4.99 Å². The zero-order valence-corrected chi connectivity index (χ0v) is 6.81. The van der Waals surface area contributed by atoms with Crippen molar-refractivity contribution in [2.24, 2.45) is 4.99 Å². The molecule has 0 aliphatic heterocycles. The van der Waals surface area contributed by atoms with Crippen LogP contribution in [0.2, 0.25) is 0 Å². The van der Waals surface area contributed by atoms with Gasteiger partial charge >= 0.3 is 0 Å². The largest absolute Gasteiger partial charge is 0.359 e. The van der Waals surface area contributed by atoms with Crippen LogP contribution in [0.4, 0.5) is 0 Å². The minimum atomic E-state index is -0.108. The van der Waals surface area contributed by atoms with Crippen LogP contribution >= 0.6 is 12.6 Å². The van der Waals surface area contributed by atoms with Crippen molar-refractivity contribution in [3.05, 3.63) is 0 Å². The lowest BCUT2D eigenvalue weighted by Gasteiger charge is -2.02. The number of thiol groups is 1. The zero-order chi connectivity index (χ0) is 7.98. The number of guanidine groups is 1. The van der Waals surface area contributed by atoms with E-state index in [-0.39, 0.29) is 5.37 Å². The van der Waals surface area contributed by atoms with Gasteiger partial charge in [0.15, 0.2) is 6.19 Å². The molecule has 0 saturated carbocycles. The first-order valence-electron chi connectivity index (χ1n) is 2.79. The molecule has 5 heteroatoms. The average Bonchev–Trinajstić information content (AvgIpc) is 1.86. The van der Waals surface area contributed by atoms with E-state index >= 15 is 0 Å². The second-order valence-corrected chi connectivity index (χ2v) is 2.34. The Morgan fingerprint density at radius 1 is 1.80 bits per heavy atom. The standard InChI is InChI=1S/C5H10N4S/c1-4(10)9-5(7-2)8-3-6/h4,10H,1-2H3,(H2,7,8,9). The predicted octanol–water partition coefficient (Wildman–Crippen LogP) is -0.0917. The molecule has 0 aromatic heterocycles. The van der Waals surface area contributed by atoms with Crippen LogP contribution in [-0.2, 0) is 0 Å². The third kappa shape index (κ3) is 4.04. The van der Waals surface area contributed by atoms with Gasteiger partial charge in [0.1, 0.15) is 0 Å². The Morgan fingerprint density at radius 2 is 2.40 bits per heavy atom. The molecule has 1 atom stereocenters. The fourth-order valence-corrected chi connectivity index (χ4v) is 0.515. The summed E-state index contributed by atoms with van der Waals surface area (Å²) in [5, 5.41) is 13.1. The van der Waals surface area contributed by atoms with Crippen LogP contribution in [0.25, 0.3) is 0 Å². The third-order valence-electron chi connectivity index (χ3n) is 0.727. The second kappa shape index (κ2) is 4.94. The minimum Gasteiger partial charge on any atom is -0.359 e. The van der Waals surface area contributed by atoms with Gasteiger partial charge in [-0.1, -0.05) is 0 Å². The number of hydrogen-bond donors (Lipinski definition) is 3. The Morgan fingerprint density at radius 3 is 2.70 bits per heavy atom. The van der Waals surface area contributed by atoms with Crippen molar-refractivity contribution in [3.8, 4) is 6.19 Å². The Kier molecular flexibility index (Phi) is 4.50. The molecule has 0 saturated heterocycles. The van der Waals surface area contributed by atoms with E-state index < -0.39 is 0 Å². The molecule has 4 nitrogen and oxygen atoms in total. The van der Waals surface area contributed by atoms with Crippen LogP contribution in [0.3, 0.4) is 0 Å². The third-order valence-corrected chi connectivity index (χ3v) is 0.843. The fraction of sp³-hybridized carbons (Fsp3) is 0.600.